The number of rotatable bonds is 4. The smallest absolute Gasteiger partial charge is 0.224 e. The maximum Gasteiger partial charge on any atom is 0.224 e. The Labute approximate surface area is 95.4 Å². The van der Waals surface area contributed by atoms with Crippen molar-refractivity contribution in [3.63, 3.8) is 0 Å². The summed E-state index contributed by atoms with van der Waals surface area (Å²) >= 11 is 0. The molecule has 0 unspecified atom stereocenters. The van der Waals surface area contributed by atoms with Crippen LogP contribution in [0.2, 0.25) is 0 Å². The minimum Gasteiger partial charge on any atom is -0.469 e. The first kappa shape index (κ1) is 11.2. The molecule has 1 fully saturated rings. The summed E-state index contributed by atoms with van der Waals surface area (Å²) in [6.45, 7) is 2.51. The molecule has 1 aromatic rings. The Hall–Kier alpha value is -1.29. The molecule has 0 bridgehead atoms. The van der Waals surface area contributed by atoms with Gasteiger partial charge in [-0.1, -0.05) is 0 Å². The first-order chi connectivity index (χ1) is 7.86. The van der Waals surface area contributed by atoms with Gasteiger partial charge in [0.2, 0.25) is 5.91 Å². The molecule has 1 aromatic heterocycles. The van der Waals surface area contributed by atoms with E-state index in [1.165, 1.54) is 0 Å². The molecule has 0 aromatic carbocycles. The summed E-state index contributed by atoms with van der Waals surface area (Å²) in [5.41, 5.74) is 0. The van der Waals surface area contributed by atoms with Crippen LogP contribution >= 0.6 is 0 Å². The number of carbonyl (C=O) groups is 1. The highest BCUT2D eigenvalue weighted by atomic mass is 16.3. The molecule has 0 radical (unpaired) electrons. The fourth-order valence-corrected chi connectivity index (χ4v) is 1.98. The zero-order valence-corrected chi connectivity index (χ0v) is 9.37. The minimum absolute atomic E-state index is 0.144. The quantitative estimate of drug-likeness (QED) is 0.797. The van der Waals surface area contributed by atoms with Gasteiger partial charge in [0.15, 0.2) is 0 Å². The molecule has 1 aliphatic rings. The molecule has 1 saturated heterocycles. The van der Waals surface area contributed by atoms with Crippen LogP contribution in [0.5, 0.6) is 0 Å². The van der Waals surface area contributed by atoms with Crippen LogP contribution in [0.4, 0.5) is 0 Å². The van der Waals surface area contributed by atoms with E-state index in [4.69, 9.17) is 4.42 Å². The van der Waals surface area contributed by atoms with Crippen LogP contribution < -0.4 is 10.6 Å². The van der Waals surface area contributed by atoms with E-state index in [1.807, 2.05) is 12.1 Å². The van der Waals surface area contributed by atoms with Crippen molar-refractivity contribution in [2.24, 2.45) is 5.92 Å². The summed E-state index contributed by atoms with van der Waals surface area (Å²) in [6, 6.07) is 3.79. The zero-order chi connectivity index (χ0) is 11.2. The van der Waals surface area contributed by atoms with Crippen LogP contribution in [-0.4, -0.2) is 25.5 Å². The highest BCUT2D eigenvalue weighted by Gasteiger charge is 2.20. The largest absolute Gasteiger partial charge is 0.469 e. The van der Waals surface area contributed by atoms with Gasteiger partial charge >= 0.3 is 0 Å². The predicted octanol–water partition coefficient (Wildman–Crippen LogP) is 0.938. The minimum atomic E-state index is 0.144. The van der Waals surface area contributed by atoms with Crippen molar-refractivity contribution in [2.45, 2.75) is 19.3 Å². The van der Waals surface area contributed by atoms with Gasteiger partial charge in [0.25, 0.3) is 0 Å². The molecule has 2 heterocycles. The topological polar surface area (TPSA) is 54.3 Å². The van der Waals surface area contributed by atoms with Crippen molar-refractivity contribution in [3.8, 4) is 0 Å². The Morgan fingerprint density at radius 3 is 3.25 bits per heavy atom. The summed E-state index contributed by atoms with van der Waals surface area (Å²) < 4.78 is 5.20. The third-order valence-corrected chi connectivity index (χ3v) is 2.92. The van der Waals surface area contributed by atoms with Crippen molar-refractivity contribution in [3.05, 3.63) is 24.2 Å². The molecule has 2 N–H and O–H groups in total. The first-order valence-electron chi connectivity index (χ1n) is 5.87. The van der Waals surface area contributed by atoms with Crippen molar-refractivity contribution < 1.29 is 9.21 Å². The average molecular weight is 222 g/mol. The lowest BCUT2D eigenvalue weighted by molar-refractivity contribution is -0.125. The van der Waals surface area contributed by atoms with Crippen LogP contribution in [0.25, 0.3) is 0 Å². The van der Waals surface area contributed by atoms with E-state index in [2.05, 4.69) is 10.6 Å². The van der Waals surface area contributed by atoms with Crippen molar-refractivity contribution in [2.75, 3.05) is 19.6 Å². The van der Waals surface area contributed by atoms with E-state index in [0.717, 1.165) is 38.1 Å². The maximum absolute atomic E-state index is 11.7. The third-order valence-electron chi connectivity index (χ3n) is 2.92. The maximum atomic E-state index is 11.7. The second-order valence-electron chi connectivity index (χ2n) is 4.16. The summed E-state index contributed by atoms with van der Waals surface area (Å²) in [7, 11) is 0. The van der Waals surface area contributed by atoms with Gasteiger partial charge in [-0.3, -0.25) is 4.79 Å². The number of amides is 1. The second kappa shape index (κ2) is 5.70. The fourth-order valence-electron chi connectivity index (χ4n) is 1.98. The number of hydrogen-bond acceptors (Lipinski definition) is 3. The van der Waals surface area contributed by atoms with Gasteiger partial charge in [-0.05, 0) is 31.5 Å². The van der Waals surface area contributed by atoms with Gasteiger partial charge in [-0.25, -0.2) is 0 Å². The number of furan rings is 1. The number of hydrogen-bond donors (Lipinski definition) is 2. The molecule has 1 aliphatic heterocycles. The van der Waals surface area contributed by atoms with Gasteiger partial charge in [0, 0.05) is 19.5 Å². The lowest BCUT2D eigenvalue weighted by atomic mass is 9.99. The van der Waals surface area contributed by atoms with Gasteiger partial charge in [0.1, 0.15) is 5.76 Å². The molecule has 88 valence electrons. The lowest BCUT2D eigenvalue weighted by Crippen LogP contribution is -2.41. The Morgan fingerprint density at radius 2 is 2.56 bits per heavy atom. The average Bonchev–Trinajstić information content (AvgIpc) is 2.83. The zero-order valence-electron chi connectivity index (χ0n) is 9.37. The van der Waals surface area contributed by atoms with Gasteiger partial charge in [-0.15, -0.1) is 0 Å². The van der Waals surface area contributed by atoms with Crippen LogP contribution in [0.15, 0.2) is 22.8 Å². The number of nitrogens with one attached hydrogen (secondary N) is 2. The van der Waals surface area contributed by atoms with Crippen molar-refractivity contribution in [1.82, 2.24) is 10.6 Å². The van der Waals surface area contributed by atoms with E-state index in [0.29, 0.717) is 6.54 Å². The molecule has 2 rings (SSSR count). The van der Waals surface area contributed by atoms with Crippen molar-refractivity contribution >= 4 is 5.91 Å². The molecule has 4 nitrogen and oxygen atoms in total. The van der Waals surface area contributed by atoms with E-state index >= 15 is 0 Å². The van der Waals surface area contributed by atoms with Crippen LogP contribution in [-0.2, 0) is 11.2 Å². The SMILES string of the molecule is O=C(NCCc1ccco1)[C@H]1CCCNC1. The van der Waals surface area contributed by atoms with E-state index in [9.17, 15) is 4.79 Å². The molecule has 1 atom stereocenters. The van der Waals surface area contributed by atoms with E-state index in [1.54, 1.807) is 6.26 Å². The first-order valence-corrected chi connectivity index (χ1v) is 5.87. The van der Waals surface area contributed by atoms with Gasteiger partial charge in [0.05, 0.1) is 12.2 Å². The van der Waals surface area contributed by atoms with Gasteiger partial charge < -0.3 is 15.1 Å². The molecular weight excluding hydrogens is 204 g/mol. The molecule has 4 heteroatoms. The van der Waals surface area contributed by atoms with E-state index < -0.39 is 0 Å². The monoisotopic (exact) mass is 222 g/mol. The summed E-state index contributed by atoms with van der Waals surface area (Å²) in [4.78, 5) is 11.7. The Bertz CT molecular complexity index is 316. The number of carbonyl (C=O) groups excluding carboxylic acids is 1. The van der Waals surface area contributed by atoms with E-state index in [-0.39, 0.29) is 11.8 Å². The van der Waals surface area contributed by atoms with Crippen LogP contribution in [0.1, 0.15) is 18.6 Å². The summed E-state index contributed by atoms with van der Waals surface area (Å²) in [5.74, 6) is 1.23. The standard InChI is InChI=1S/C12H18N2O2/c15-12(10-3-1-6-13-9-10)14-7-5-11-4-2-8-16-11/h2,4,8,10,13H,1,3,5-7,9H2,(H,14,15)/t10-/m0/s1. The summed E-state index contributed by atoms with van der Waals surface area (Å²) in [5, 5.41) is 6.19. The molecule has 1 amide bonds. The van der Waals surface area contributed by atoms with Crippen LogP contribution in [0.3, 0.4) is 0 Å². The lowest BCUT2D eigenvalue weighted by Gasteiger charge is -2.21. The normalized spacial score (nSPS) is 20.6. The molecule has 16 heavy (non-hydrogen) atoms. The molecule has 0 saturated carbocycles. The Kier molecular flexibility index (Phi) is 3.99. The second-order valence-corrected chi connectivity index (χ2v) is 4.16. The predicted molar refractivity (Wildman–Crippen MR) is 61.0 cm³/mol. The number of piperidine rings is 1. The highest BCUT2D eigenvalue weighted by molar-refractivity contribution is 5.78. The summed E-state index contributed by atoms with van der Waals surface area (Å²) in [6.07, 6.45) is 4.51. The van der Waals surface area contributed by atoms with Crippen molar-refractivity contribution in [1.29, 1.82) is 0 Å². The molecule has 0 aliphatic carbocycles. The van der Waals surface area contributed by atoms with Crippen LogP contribution in [0, 0.1) is 5.92 Å². The molecule has 0 spiro atoms. The Morgan fingerprint density at radius 1 is 1.62 bits per heavy atom. The fraction of sp³-hybridized carbons (Fsp3) is 0.583. The molecular formula is C12H18N2O2. The highest BCUT2D eigenvalue weighted by Crippen LogP contribution is 2.09. The van der Waals surface area contributed by atoms with Gasteiger partial charge in [-0.2, -0.15) is 0 Å². The Balaban J connectivity index is 1.67. The third kappa shape index (κ3) is 3.10.